The van der Waals surface area contributed by atoms with Gasteiger partial charge in [-0.1, -0.05) is 13.0 Å². The number of carboxylic acid groups (broad SMARTS) is 1. The van der Waals surface area contributed by atoms with Crippen LogP contribution in [0, 0.1) is 5.92 Å². The Labute approximate surface area is 143 Å². The predicted molar refractivity (Wildman–Crippen MR) is 94.4 cm³/mol. The van der Waals surface area contributed by atoms with E-state index < -0.39 is 5.97 Å². The summed E-state index contributed by atoms with van der Waals surface area (Å²) in [4.78, 5) is 17.9. The molecule has 1 atom stereocenters. The summed E-state index contributed by atoms with van der Waals surface area (Å²) in [6.07, 6.45) is 4.46. The number of carbonyl (C=O) groups is 1. The van der Waals surface area contributed by atoms with Crippen LogP contribution in [-0.4, -0.2) is 59.7 Å². The first-order chi connectivity index (χ1) is 11.6. The molecule has 3 N–H and O–H groups in total. The third kappa shape index (κ3) is 4.45. The molecule has 0 saturated carbocycles. The number of fused-ring (bicyclic) bond motifs is 1. The number of carboxylic acids is 1. The van der Waals surface area contributed by atoms with Crippen LogP contribution in [0.3, 0.4) is 0 Å². The molecule has 3 rings (SSSR count). The van der Waals surface area contributed by atoms with Gasteiger partial charge in [-0.15, -0.1) is 0 Å². The molecular weight excluding hydrogens is 304 g/mol. The molecule has 1 fully saturated rings. The van der Waals surface area contributed by atoms with E-state index in [0.29, 0.717) is 12.6 Å². The van der Waals surface area contributed by atoms with Gasteiger partial charge in [-0.2, -0.15) is 0 Å². The molecule has 1 aromatic rings. The van der Waals surface area contributed by atoms with Crippen molar-refractivity contribution in [1.29, 1.82) is 0 Å². The lowest BCUT2D eigenvalue weighted by Gasteiger charge is -2.40. The number of anilines is 1. The first-order valence-electron chi connectivity index (χ1n) is 9.03. The standard InChI is InChI=1S/C18H28N4O2/c1-13(18(23)24)10-20-16-11-22(12-16)9-3-5-15-7-6-14-4-2-8-19-17(14)21-15/h6-7,13,16,20H,2-5,8-12H2,1H3,(H,19,21)(H,23,24)/t13-/m0/s1. The maximum absolute atomic E-state index is 10.8. The van der Waals surface area contributed by atoms with Crippen LogP contribution in [-0.2, 0) is 17.6 Å². The van der Waals surface area contributed by atoms with Crippen LogP contribution in [0.25, 0.3) is 0 Å². The Morgan fingerprint density at radius 1 is 1.50 bits per heavy atom. The Bertz CT molecular complexity index is 572. The Morgan fingerprint density at radius 2 is 2.33 bits per heavy atom. The molecule has 2 aliphatic rings. The number of nitrogens with one attached hydrogen (secondary N) is 2. The number of hydrogen-bond donors (Lipinski definition) is 3. The van der Waals surface area contributed by atoms with Gasteiger partial charge in [0.2, 0.25) is 0 Å². The summed E-state index contributed by atoms with van der Waals surface area (Å²) in [7, 11) is 0. The fraction of sp³-hybridized carbons (Fsp3) is 0.667. The first kappa shape index (κ1) is 17.2. The van der Waals surface area contributed by atoms with E-state index in [1.807, 2.05) is 0 Å². The smallest absolute Gasteiger partial charge is 0.307 e. The highest BCUT2D eigenvalue weighted by atomic mass is 16.4. The summed E-state index contributed by atoms with van der Waals surface area (Å²) >= 11 is 0. The SMILES string of the molecule is C[C@@H](CNC1CN(CCCc2ccc3c(n2)NCCC3)C1)C(=O)O. The zero-order chi connectivity index (χ0) is 16.9. The fourth-order valence-electron chi connectivity index (χ4n) is 3.30. The van der Waals surface area contributed by atoms with Gasteiger partial charge in [0, 0.05) is 37.9 Å². The van der Waals surface area contributed by atoms with Crippen molar-refractivity contribution in [1.82, 2.24) is 15.2 Å². The fourth-order valence-corrected chi connectivity index (χ4v) is 3.30. The monoisotopic (exact) mass is 332 g/mol. The van der Waals surface area contributed by atoms with E-state index in [9.17, 15) is 4.79 Å². The second-order valence-electron chi connectivity index (χ2n) is 7.05. The highest BCUT2D eigenvalue weighted by Crippen LogP contribution is 2.20. The molecule has 0 spiro atoms. The van der Waals surface area contributed by atoms with Crippen LogP contribution in [0.4, 0.5) is 5.82 Å². The normalized spacial score (nSPS) is 19.2. The summed E-state index contributed by atoms with van der Waals surface area (Å²) < 4.78 is 0. The Morgan fingerprint density at radius 3 is 3.12 bits per heavy atom. The zero-order valence-electron chi connectivity index (χ0n) is 14.4. The molecule has 0 amide bonds. The highest BCUT2D eigenvalue weighted by Gasteiger charge is 2.26. The summed E-state index contributed by atoms with van der Waals surface area (Å²) in [6.45, 7) is 6.45. The van der Waals surface area contributed by atoms with Crippen LogP contribution >= 0.6 is 0 Å². The third-order valence-corrected chi connectivity index (χ3v) is 4.95. The molecule has 0 bridgehead atoms. The van der Waals surface area contributed by atoms with Crippen molar-refractivity contribution in [2.75, 3.05) is 38.0 Å². The number of rotatable bonds is 8. The summed E-state index contributed by atoms with van der Waals surface area (Å²) in [5, 5.41) is 15.6. The molecule has 132 valence electrons. The summed E-state index contributed by atoms with van der Waals surface area (Å²) in [5.74, 6) is 0.0352. The summed E-state index contributed by atoms with van der Waals surface area (Å²) in [6, 6.07) is 4.83. The maximum Gasteiger partial charge on any atom is 0.307 e. The van der Waals surface area contributed by atoms with Crippen LogP contribution in [0.2, 0.25) is 0 Å². The lowest BCUT2D eigenvalue weighted by Crippen LogP contribution is -2.58. The average molecular weight is 332 g/mol. The van der Waals surface area contributed by atoms with Gasteiger partial charge in [0.25, 0.3) is 0 Å². The molecule has 0 aliphatic carbocycles. The van der Waals surface area contributed by atoms with Gasteiger partial charge >= 0.3 is 5.97 Å². The van der Waals surface area contributed by atoms with Crippen molar-refractivity contribution in [2.45, 2.75) is 38.6 Å². The zero-order valence-corrected chi connectivity index (χ0v) is 14.4. The predicted octanol–water partition coefficient (Wildman–Crippen LogP) is 1.37. The van der Waals surface area contributed by atoms with Crippen LogP contribution in [0.1, 0.15) is 31.0 Å². The number of likely N-dealkylation sites (tertiary alicyclic amines) is 1. The third-order valence-electron chi connectivity index (χ3n) is 4.95. The quantitative estimate of drug-likeness (QED) is 0.667. The van der Waals surface area contributed by atoms with Crippen molar-refractivity contribution in [3.05, 3.63) is 23.4 Å². The van der Waals surface area contributed by atoms with Gasteiger partial charge in [-0.05, 0) is 43.9 Å². The minimum atomic E-state index is -0.731. The van der Waals surface area contributed by atoms with Gasteiger partial charge in [-0.3, -0.25) is 4.79 Å². The molecule has 3 heterocycles. The van der Waals surface area contributed by atoms with Crippen molar-refractivity contribution in [3.8, 4) is 0 Å². The molecule has 0 unspecified atom stereocenters. The van der Waals surface area contributed by atoms with E-state index in [1.54, 1.807) is 6.92 Å². The van der Waals surface area contributed by atoms with Crippen LogP contribution < -0.4 is 10.6 Å². The van der Waals surface area contributed by atoms with Crippen molar-refractivity contribution >= 4 is 11.8 Å². The largest absolute Gasteiger partial charge is 0.481 e. The number of nitrogens with zero attached hydrogens (tertiary/aromatic N) is 2. The molecule has 6 heteroatoms. The minimum Gasteiger partial charge on any atom is -0.481 e. The minimum absolute atomic E-state index is 0.317. The molecule has 24 heavy (non-hydrogen) atoms. The number of aromatic nitrogens is 1. The Hall–Kier alpha value is -1.66. The molecule has 0 aromatic carbocycles. The van der Waals surface area contributed by atoms with Crippen LogP contribution in [0.15, 0.2) is 12.1 Å². The van der Waals surface area contributed by atoms with Gasteiger partial charge < -0.3 is 20.6 Å². The second-order valence-corrected chi connectivity index (χ2v) is 7.05. The van der Waals surface area contributed by atoms with Crippen molar-refractivity contribution in [3.63, 3.8) is 0 Å². The molecule has 0 radical (unpaired) electrons. The lowest BCUT2D eigenvalue weighted by molar-refractivity contribution is -0.141. The topological polar surface area (TPSA) is 77.5 Å². The number of pyridine rings is 1. The van der Waals surface area contributed by atoms with Crippen molar-refractivity contribution < 1.29 is 9.90 Å². The van der Waals surface area contributed by atoms with E-state index in [-0.39, 0.29) is 5.92 Å². The molecule has 6 nitrogen and oxygen atoms in total. The Kier molecular flexibility index (Phi) is 5.68. The van der Waals surface area contributed by atoms with E-state index in [4.69, 9.17) is 10.1 Å². The molecular formula is C18H28N4O2. The maximum atomic E-state index is 10.8. The first-order valence-corrected chi connectivity index (χ1v) is 9.03. The van der Waals surface area contributed by atoms with Crippen LogP contribution in [0.5, 0.6) is 0 Å². The Balaban J connectivity index is 1.32. The molecule has 1 aromatic heterocycles. The number of aryl methyl sites for hydroxylation is 2. The van der Waals surface area contributed by atoms with Crippen molar-refractivity contribution in [2.24, 2.45) is 5.92 Å². The second kappa shape index (κ2) is 7.94. The molecule has 2 aliphatic heterocycles. The van der Waals surface area contributed by atoms with Gasteiger partial charge in [-0.25, -0.2) is 4.98 Å². The highest BCUT2D eigenvalue weighted by molar-refractivity contribution is 5.69. The van der Waals surface area contributed by atoms with E-state index in [1.165, 1.54) is 17.7 Å². The number of hydrogen-bond acceptors (Lipinski definition) is 5. The average Bonchev–Trinajstić information content (AvgIpc) is 2.55. The molecule has 1 saturated heterocycles. The number of aliphatic carboxylic acids is 1. The lowest BCUT2D eigenvalue weighted by atomic mass is 10.0. The van der Waals surface area contributed by atoms with E-state index in [0.717, 1.165) is 51.3 Å². The van der Waals surface area contributed by atoms with Gasteiger partial charge in [0.1, 0.15) is 5.82 Å². The van der Waals surface area contributed by atoms with Gasteiger partial charge in [0.05, 0.1) is 5.92 Å². The van der Waals surface area contributed by atoms with E-state index in [2.05, 4.69) is 27.7 Å². The van der Waals surface area contributed by atoms with E-state index >= 15 is 0 Å². The van der Waals surface area contributed by atoms with Gasteiger partial charge in [0.15, 0.2) is 0 Å². The summed E-state index contributed by atoms with van der Waals surface area (Å²) in [5.41, 5.74) is 2.52.